The monoisotopic (exact) mass is 359 g/mol. The average molecular weight is 360 g/mol. The molecule has 2 aromatic rings. The Bertz CT molecular complexity index is 773. The second kappa shape index (κ2) is 8.30. The maximum Gasteiger partial charge on any atom is 0.251 e. The van der Waals surface area contributed by atoms with Crippen LogP contribution < -0.4 is 15.7 Å². The molecular formula is C18H16ClN2O4-. The Kier molecular flexibility index (Phi) is 6.14. The predicted molar refractivity (Wildman–Crippen MR) is 92.0 cm³/mol. The summed E-state index contributed by atoms with van der Waals surface area (Å²) in [5.74, 6) is -1.93. The van der Waals surface area contributed by atoms with Crippen LogP contribution in [-0.4, -0.2) is 17.8 Å². The molecule has 2 aromatic carbocycles. The smallest absolute Gasteiger partial charge is 0.251 e. The minimum atomic E-state index is -1.28. The van der Waals surface area contributed by atoms with Gasteiger partial charge in [-0.05, 0) is 42.0 Å². The SMILES string of the molecule is CC(=O)Nc1ccc(C(=O)NC(CC(=O)[O-])c2ccc(Cl)cc2)cc1. The lowest BCUT2D eigenvalue weighted by Crippen LogP contribution is -2.34. The molecule has 25 heavy (non-hydrogen) atoms. The normalized spacial score (nSPS) is 11.4. The van der Waals surface area contributed by atoms with Crippen molar-refractivity contribution in [2.24, 2.45) is 0 Å². The van der Waals surface area contributed by atoms with Crippen LogP contribution in [0.25, 0.3) is 0 Å². The number of carbonyl (C=O) groups is 3. The van der Waals surface area contributed by atoms with Gasteiger partial charge in [0.1, 0.15) is 0 Å². The van der Waals surface area contributed by atoms with Gasteiger partial charge in [-0.25, -0.2) is 0 Å². The molecule has 2 amide bonds. The third-order valence-electron chi connectivity index (χ3n) is 3.42. The van der Waals surface area contributed by atoms with E-state index in [-0.39, 0.29) is 12.3 Å². The van der Waals surface area contributed by atoms with E-state index in [2.05, 4.69) is 10.6 Å². The van der Waals surface area contributed by atoms with Crippen LogP contribution in [-0.2, 0) is 9.59 Å². The molecule has 0 aromatic heterocycles. The first-order valence-corrected chi connectivity index (χ1v) is 7.87. The topological polar surface area (TPSA) is 98.3 Å². The maximum absolute atomic E-state index is 12.4. The largest absolute Gasteiger partial charge is 0.550 e. The summed E-state index contributed by atoms with van der Waals surface area (Å²) in [5.41, 5.74) is 1.51. The summed E-state index contributed by atoms with van der Waals surface area (Å²) in [6.07, 6.45) is -0.364. The van der Waals surface area contributed by atoms with Gasteiger partial charge >= 0.3 is 0 Å². The molecule has 0 radical (unpaired) electrons. The minimum Gasteiger partial charge on any atom is -0.550 e. The summed E-state index contributed by atoms with van der Waals surface area (Å²) in [7, 11) is 0. The predicted octanol–water partition coefficient (Wildman–Crippen LogP) is 1.91. The first-order chi connectivity index (χ1) is 11.8. The number of halogens is 1. The molecule has 0 fully saturated rings. The molecule has 0 saturated carbocycles. The van der Waals surface area contributed by atoms with Gasteiger partial charge in [-0.1, -0.05) is 23.7 Å². The molecule has 0 saturated heterocycles. The van der Waals surface area contributed by atoms with Crippen molar-refractivity contribution < 1.29 is 19.5 Å². The molecule has 6 nitrogen and oxygen atoms in total. The fourth-order valence-corrected chi connectivity index (χ4v) is 2.39. The number of anilines is 1. The van der Waals surface area contributed by atoms with Crippen LogP contribution in [0.3, 0.4) is 0 Å². The first kappa shape index (κ1) is 18.5. The summed E-state index contributed by atoms with van der Waals surface area (Å²) in [5, 5.41) is 16.8. The summed E-state index contributed by atoms with van der Waals surface area (Å²) in [6, 6.07) is 12.0. The number of hydrogen-bond donors (Lipinski definition) is 2. The Labute approximate surface area is 149 Å². The zero-order valence-electron chi connectivity index (χ0n) is 13.4. The Morgan fingerprint density at radius 1 is 1.04 bits per heavy atom. The molecule has 1 unspecified atom stereocenters. The highest BCUT2D eigenvalue weighted by molar-refractivity contribution is 6.30. The van der Waals surface area contributed by atoms with Crippen LogP contribution in [0.5, 0.6) is 0 Å². The van der Waals surface area contributed by atoms with Crippen LogP contribution >= 0.6 is 11.6 Å². The number of amides is 2. The lowest BCUT2D eigenvalue weighted by atomic mass is 10.0. The van der Waals surface area contributed by atoms with Crippen LogP contribution in [0, 0.1) is 0 Å². The van der Waals surface area contributed by atoms with Gasteiger partial charge < -0.3 is 20.5 Å². The van der Waals surface area contributed by atoms with E-state index in [9.17, 15) is 19.5 Å². The number of rotatable bonds is 6. The molecule has 0 aliphatic heterocycles. The zero-order chi connectivity index (χ0) is 18.4. The molecule has 0 spiro atoms. The van der Waals surface area contributed by atoms with Crippen molar-refractivity contribution in [2.45, 2.75) is 19.4 Å². The Morgan fingerprint density at radius 3 is 2.16 bits per heavy atom. The van der Waals surface area contributed by atoms with Gasteiger partial charge in [0.15, 0.2) is 0 Å². The van der Waals surface area contributed by atoms with E-state index < -0.39 is 17.9 Å². The van der Waals surface area contributed by atoms with Crippen LogP contribution in [0.4, 0.5) is 5.69 Å². The lowest BCUT2D eigenvalue weighted by molar-refractivity contribution is -0.306. The van der Waals surface area contributed by atoms with Crippen molar-refractivity contribution in [3.05, 3.63) is 64.7 Å². The Balaban J connectivity index is 2.14. The average Bonchev–Trinajstić information content (AvgIpc) is 2.54. The number of carboxylic acids is 1. The highest BCUT2D eigenvalue weighted by Crippen LogP contribution is 2.20. The molecule has 0 aliphatic carbocycles. The lowest BCUT2D eigenvalue weighted by Gasteiger charge is -2.20. The number of aliphatic carboxylic acids is 1. The number of hydrogen-bond acceptors (Lipinski definition) is 4. The second-order valence-electron chi connectivity index (χ2n) is 5.41. The second-order valence-corrected chi connectivity index (χ2v) is 5.85. The number of benzene rings is 2. The number of nitrogens with one attached hydrogen (secondary N) is 2. The van der Waals surface area contributed by atoms with Gasteiger partial charge in [-0.15, -0.1) is 0 Å². The summed E-state index contributed by atoms with van der Waals surface area (Å²) in [4.78, 5) is 34.4. The summed E-state index contributed by atoms with van der Waals surface area (Å²) < 4.78 is 0. The molecule has 130 valence electrons. The fourth-order valence-electron chi connectivity index (χ4n) is 2.26. The van der Waals surface area contributed by atoms with Crippen molar-refractivity contribution >= 4 is 35.1 Å². The molecule has 2 N–H and O–H groups in total. The van der Waals surface area contributed by atoms with E-state index in [0.29, 0.717) is 21.8 Å². The quantitative estimate of drug-likeness (QED) is 0.823. The van der Waals surface area contributed by atoms with E-state index in [4.69, 9.17) is 11.6 Å². The van der Waals surface area contributed by atoms with E-state index in [1.54, 1.807) is 48.5 Å². The van der Waals surface area contributed by atoms with Crippen LogP contribution in [0.15, 0.2) is 48.5 Å². The summed E-state index contributed by atoms with van der Waals surface area (Å²) >= 11 is 5.83. The maximum atomic E-state index is 12.4. The van der Waals surface area contributed by atoms with Gasteiger partial charge in [-0.3, -0.25) is 9.59 Å². The summed E-state index contributed by atoms with van der Waals surface area (Å²) in [6.45, 7) is 1.39. The number of carboxylic acid groups (broad SMARTS) is 1. The Hall–Kier alpha value is -2.86. The Morgan fingerprint density at radius 2 is 1.64 bits per heavy atom. The molecule has 0 heterocycles. The van der Waals surface area contributed by atoms with Gasteiger partial charge in [-0.2, -0.15) is 0 Å². The van der Waals surface area contributed by atoms with E-state index in [0.717, 1.165) is 0 Å². The van der Waals surface area contributed by atoms with Crippen molar-refractivity contribution in [3.8, 4) is 0 Å². The molecule has 1 atom stereocenters. The van der Waals surface area contributed by atoms with Crippen molar-refractivity contribution in [1.82, 2.24) is 5.32 Å². The molecule has 0 aliphatic rings. The van der Waals surface area contributed by atoms with Crippen LogP contribution in [0.2, 0.25) is 5.02 Å². The first-order valence-electron chi connectivity index (χ1n) is 7.49. The fraction of sp³-hybridized carbons (Fsp3) is 0.167. The highest BCUT2D eigenvalue weighted by Gasteiger charge is 2.16. The third kappa shape index (κ3) is 5.61. The molecule has 2 rings (SSSR count). The minimum absolute atomic E-state index is 0.214. The van der Waals surface area contributed by atoms with Gasteiger partial charge in [0.25, 0.3) is 5.91 Å². The van der Waals surface area contributed by atoms with Gasteiger partial charge in [0.05, 0.1) is 6.04 Å². The van der Waals surface area contributed by atoms with Crippen LogP contribution in [0.1, 0.15) is 35.3 Å². The molecule has 7 heteroatoms. The molecular weight excluding hydrogens is 344 g/mol. The third-order valence-corrected chi connectivity index (χ3v) is 3.67. The van der Waals surface area contributed by atoms with E-state index in [1.807, 2.05) is 0 Å². The number of carbonyl (C=O) groups excluding carboxylic acids is 3. The van der Waals surface area contributed by atoms with Crippen molar-refractivity contribution in [2.75, 3.05) is 5.32 Å². The van der Waals surface area contributed by atoms with Crippen molar-refractivity contribution in [1.29, 1.82) is 0 Å². The van der Waals surface area contributed by atoms with Crippen molar-refractivity contribution in [3.63, 3.8) is 0 Å². The van der Waals surface area contributed by atoms with Gasteiger partial charge in [0.2, 0.25) is 5.91 Å². The van der Waals surface area contributed by atoms with E-state index in [1.165, 1.54) is 6.92 Å². The standard InChI is InChI=1S/C18H17ClN2O4/c1-11(22)20-15-8-4-13(5-9-15)18(25)21-16(10-17(23)24)12-2-6-14(19)7-3-12/h2-9,16H,10H2,1H3,(H,20,22)(H,21,25)(H,23,24)/p-1. The van der Waals surface area contributed by atoms with Gasteiger partial charge in [0, 0.05) is 35.6 Å². The molecule has 0 bridgehead atoms. The van der Waals surface area contributed by atoms with E-state index >= 15 is 0 Å². The zero-order valence-corrected chi connectivity index (χ0v) is 14.2. The highest BCUT2D eigenvalue weighted by atomic mass is 35.5.